The smallest absolute Gasteiger partial charge is 0.417 e. The van der Waals surface area contributed by atoms with Gasteiger partial charge in [-0.15, -0.1) is 0 Å². The van der Waals surface area contributed by atoms with Gasteiger partial charge in [-0.3, -0.25) is 0 Å². The van der Waals surface area contributed by atoms with Gasteiger partial charge in [0.05, 0.1) is 12.5 Å². The summed E-state index contributed by atoms with van der Waals surface area (Å²) in [6, 6.07) is 0. The topological polar surface area (TPSA) is 35.5 Å². The van der Waals surface area contributed by atoms with Gasteiger partial charge in [0.1, 0.15) is 0 Å². The van der Waals surface area contributed by atoms with Crippen LogP contribution in [0.5, 0.6) is 0 Å². The molecule has 0 fully saturated rings. The summed E-state index contributed by atoms with van der Waals surface area (Å²) in [4.78, 5) is 0. The standard InChI is InChI=1S/C32H63O3P/c1-3-5-7-9-11-13-15-17-19-21-23-25-27-29-31-34-36(33)35-32-30-28-26-24-22-20-18-16-14-12-10-8-6-4-2/h29-32,36H,3-28H2,1-2H3/b31-29+,32-30+. The fourth-order valence-corrected chi connectivity index (χ4v) is 5.05. The van der Waals surface area contributed by atoms with Crippen LogP contribution in [0.2, 0.25) is 0 Å². The van der Waals surface area contributed by atoms with Crippen molar-refractivity contribution < 1.29 is 13.6 Å². The lowest BCUT2D eigenvalue weighted by Gasteiger charge is -2.02. The molecule has 0 aromatic rings. The van der Waals surface area contributed by atoms with E-state index in [4.69, 9.17) is 9.05 Å². The molecule has 0 spiro atoms. The second kappa shape index (κ2) is 32.3. The minimum absolute atomic E-state index is 0.987. The number of rotatable bonds is 30. The van der Waals surface area contributed by atoms with E-state index in [2.05, 4.69) is 13.8 Å². The van der Waals surface area contributed by atoms with Gasteiger partial charge in [0.25, 0.3) is 0 Å². The molecule has 0 rings (SSSR count). The van der Waals surface area contributed by atoms with E-state index in [1.54, 1.807) is 12.5 Å². The van der Waals surface area contributed by atoms with Gasteiger partial charge in [-0.25, -0.2) is 4.57 Å². The summed E-state index contributed by atoms with van der Waals surface area (Å²) >= 11 is 0. The van der Waals surface area contributed by atoms with Gasteiger partial charge in [-0.05, 0) is 37.8 Å². The van der Waals surface area contributed by atoms with Crippen molar-refractivity contribution in [1.29, 1.82) is 0 Å². The third kappa shape index (κ3) is 31.3. The second-order valence-corrected chi connectivity index (χ2v) is 11.6. The molecule has 0 atom stereocenters. The van der Waals surface area contributed by atoms with Crippen LogP contribution in [0.1, 0.15) is 181 Å². The molecule has 4 heteroatoms. The number of allylic oxidation sites excluding steroid dienone is 2. The fourth-order valence-electron chi connectivity index (χ4n) is 4.58. The van der Waals surface area contributed by atoms with Crippen molar-refractivity contribution in [3.8, 4) is 0 Å². The van der Waals surface area contributed by atoms with E-state index in [-0.39, 0.29) is 0 Å². The minimum Gasteiger partial charge on any atom is -0.426 e. The van der Waals surface area contributed by atoms with Crippen molar-refractivity contribution in [2.24, 2.45) is 0 Å². The van der Waals surface area contributed by atoms with E-state index in [1.165, 1.54) is 154 Å². The Morgan fingerprint density at radius 3 is 0.944 bits per heavy atom. The van der Waals surface area contributed by atoms with Crippen molar-refractivity contribution >= 4 is 8.25 Å². The summed E-state index contributed by atoms with van der Waals surface area (Å²) in [5, 5.41) is 0. The maximum Gasteiger partial charge on any atom is 0.417 e. The summed E-state index contributed by atoms with van der Waals surface area (Å²) < 4.78 is 22.1. The van der Waals surface area contributed by atoms with E-state index >= 15 is 0 Å². The lowest BCUT2D eigenvalue weighted by Crippen LogP contribution is -1.82. The van der Waals surface area contributed by atoms with Gasteiger partial charge in [0.2, 0.25) is 0 Å². The molecule has 0 aliphatic heterocycles. The summed E-state index contributed by atoms with van der Waals surface area (Å²) in [7, 11) is -2.45. The highest BCUT2D eigenvalue weighted by Gasteiger charge is 1.96. The Labute approximate surface area is 227 Å². The predicted octanol–water partition coefficient (Wildman–Crippen LogP) is 12.6. The third-order valence-corrected chi connectivity index (χ3v) is 7.63. The average Bonchev–Trinajstić information content (AvgIpc) is 2.88. The summed E-state index contributed by atoms with van der Waals surface area (Å²) in [5.41, 5.74) is 0. The minimum atomic E-state index is -2.45. The number of unbranched alkanes of at least 4 members (excludes halogenated alkanes) is 24. The maximum atomic E-state index is 11.7. The molecular formula is C32H63O3P. The molecule has 36 heavy (non-hydrogen) atoms. The zero-order valence-corrected chi connectivity index (χ0v) is 25.4. The van der Waals surface area contributed by atoms with E-state index in [9.17, 15) is 4.57 Å². The zero-order valence-electron chi connectivity index (χ0n) is 24.4. The normalized spacial score (nSPS) is 11.9. The van der Waals surface area contributed by atoms with Gasteiger partial charge in [-0.1, -0.05) is 155 Å². The first kappa shape index (κ1) is 35.3. The molecule has 214 valence electrons. The predicted molar refractivity (Wildman–Crippen MR) is 161 cm³/mol. The fraction of sp³-hybridized carbons (Fsp3) is 0.875. The van der Waals surface area contributed by atoms with E-state index in [0.29, 0.717) is 0 Å². The molecule has 0 bridgehead atoms. The number of hydrogen-bond acceptors (Lipinski definition) is 3. The molecule has 0 unspecified atom stereocenters. The maximum absolute atomic E-state index is 11.7. The average molecular weight is 527 g/mol. The van der Waals surface area contributed by atoms with Crippen LogP contribution < -0.4 is 0 Å². The van der Waals surface area contributed by atoms with E-state index < -0.39 is 8.25 Å². The SMILES string of the molecule is CCCCCCCCCCCCCC/C=C/O[PH](=O)O/C=C/CCCCCCCCCCCCCC. The molecule has 0 N–H and O–H groups in total. The monoisotopic (exact) mass is 526 g/mol. The molecule has 0 aromatic carbocycles. The van der Waals surface area contributed by atoms with Crippen LogP contribution in [0.3, 0.4) is 0 Å². The third-order valence-electron chi connectivity index (χ3n) is 6.97. The molecule has 0 radical (unpaired) electrons. The summed E-state index contributed by atoms with van der Waals surface area (Å²) in [5.74, 6) is 0. The van der Waals surface area contributed by atoms with Crippen LogP contribution in [-0.2, 0) is 13.6 Å². The Bertz CT molecular complexity index is 448. The summed E-state index contributed by atoms with van der Waals surface area (Å²) in [6.45, 7) is 4.55. The molecule has 0 aliphatic carbocycles. The molecule has 0 aliphatic rings. The van der Waals surface area contributed by atoms with Gasteiger partial charge in [0.15, 0.2) is 0 Å². The Balaban J connectivity index is 3.29. The first-order valence-electron chi connectivity index (χ1n) is 16.0. The van der Waals surface area contributed by atoms with Crippen LogP contribution in [-0.4, -0.2) is 0 Å². The van der Waals surface area contributed by atoms with Crippen LogP contribution in [0.25, 0.3) is 0 Å². The first-order valence-corrected chi connectivity index (χ1v) is 17.2. The quantitative estimate of drug-likeness (QED) is 0.0530. The second-order valence-electron chi connectivity index (χ2n) is 10.6. The highest BCUT2D eigenvalue weighted by atomic mass is 31.1. The highest BCUT2D eigenvalue weighted by Crippen LogP contribution is 2.24. The van der Waals surface area contributed by atoms with Gasteiger partial charge < -0.3 is 9.05 Å². The number of hydrogen-bond donors (Lipinski definition) is 0. The Morgan fingerprint density at radius 1 is 0.417 bits per heavy atom. The Morgan fingerprint density at radius 2 is 0.667 bits per heavy atom. The zero-order chi connectivity index (χ0) is 26.2. The van der Waals surface area contributed by atoms with Crippen molar-refractivity contribution in [3.63, 3.8) is 0 Å². The highest BCUT2D eigenvalue weighted by molar-refractivity contribution is 7.33. The lowest BCUT2D eigenvalue weighted by atomic mass is 10.0. The molecule has 0 saturated heterocycles. The Kier molecular flexibility index (Phi) is 31.7. The van der Waals surface area contributed by atoms with E-state index in [0.717, 1.165) is 12.8 Å². The van der Waals surface area contributed by atoms with Crippen LogP contribution in [0.15, 0.2) is 24.7 Å². The Hall–Kier alpha value is -0.690. The van der Waals surface area contributed by atoms with Crippen LogP contribution in [0, 0.1) is 0 Å². The molecule has 0 amide bonds. The molecular weight excluding hydrogens is 463 g/mol. The van der Waals surface area contributed by atoms with Crippen molar-refractivity contribution in [1.82, 2.24) is 0 Å². The van der Waals surface area contributed by atoms with Gasteiger partial charge in [0, 0.05) is 0 Å². The van der Waals surface area contributed by atoms with Crippen molar-refractivity contribution in [2.45, 2.75) is 181 Å². The van der Waals surface area contributed by atoms with Gasteiger partial charge >= 0.3 is 8.25 Å². The summed E-state index contributed by atoms with van der Waals surface area (Å²) in [6.07, 6.45) is 41.7. The van der Waals surface area contributed by atoms with Crippen LogP contribution in [0.4, 0.5) is 0 Å². The largest absolute Gasteiger partial charge is 0.426 e. The van der Waals surface area contributed by atoms with Crippen molar-refractivity contribution in [3.05, 3.63) is 24.7 Å². The lowest BCUT2D eigenvalue weighted by molar-refractivity contribution is 0.354. The molecule has 0 aromatic heterocycles. The van der Waals surface area contributed by atoms with Crippen molar-refractivity contribution in [2.75, 3.05) is 0 Å². The first-order chi connectivity index (χ1) is 17.8. The van der Waals surface area contributed by atoms with E-state index in [1.807, 2.05) is 12.2 Å². The molecule has 3 nitrogen and oxygen atoms in total. The van der Waals surface area contributed by atoms with Crippen LogP contribution >= 0.6 is 8.25 Å². The molecule has 0 heterocycles. The van der Waals surface area contributed by atoms with Gasteiger partial charge in [-0.2, -0.15) is 0 Å². The molecule has 0 saturated carbocycles.